The lowest BCUT2D eigenvalue weighted by Gasteiger charge is -2.48. The zero-order valence-electron chi connectivity index (χ0n) is 18.2. The highest BCUT2D eigenvalue weighted by Crippen LogP contribution is 2.46. The summed E-state index contributed by atoms with van der Waals surface area (Å²) < 4.78 is 19.1. The molecule has 1 aromatic rings. The molecule has 7 nitrogen and oxygen atoms in total. The lowest BCUT2D eigenvalue weighted by Crippen LogP contribution is -2.57. The van der Waals surface area contributed by atoms with Crippen molar-refractivity contribution in [2.45, 2.75) is 70.2 Å². The van der Waals surface area contributed by atoms with E-state index in [1.807, 2.05) is 0 Å². The first-order valence-electron chi connectivity index (χ1n) is 11.2. The standard InChI is InChI=1S/C22H34FN5O2/c1-13(2)20(21(24)29)28-16-4-5-17(28)9-14(8-16)18-6-7-27(12-19(18)30-3)22-25-10-15(23)11-26-22/h10-11,13-14,16-20H,4-9,12H2,1-3H3,(H2,24,29)/t14-,16-,17+,18-,19-,20-/m1/s1. The second-order valence-electron chi connectivity index (χ2n) is 9.53. The van der Waals surface area contributed by atoms with Crippen LogP contribution in [0.15, 0.2) is 12.4 Å². The van der Waals surface area contributed by atoms with Gasteiger partial charge in [-0.2, -0.15) is 0 Å². The van der Waals surface area contributed by atoms with Crippen LogP contribution < -0.4 is 10.6 Å². The monoisotopic (exact) mass is 419 g/mol. The van der Waals surface area contributed by atoms with Crippen LogP contribution in [0.2, 0.25) is 0 Å². The predicted octanol–water partition coefficient (Wildman–Crippen LogP) is 2.21. The minimum absolute atomic E-state index is 0.0976. The van der Waals surface area contributed by atoms with Crippen molar-refractivity contribution in [1.29, 1.82) is 0 Å². The normalized spacial score (nSPS) is 33.1. The van der Waals surface area contributed by atoms with Gasteiger partial charge in [-0.15, -0.1) is 0 Å². The zero-order chi connectivity index (χ0) is 21.4. The van der Waals surface area contributed by atoms with Gasteiger partial charge in [0, 0.05) is 32.3 Å². The van der Waals surface area contributed by atoms with Crippen LogP contribution in [0.1, 0.15) is 46.0 Å². The van der Waals surface area contributed by atoms with E-state index in [1.165, 1.54) is 12.4 Å². The number of piperidine rings is 2. The van der Waals surface area contributed by atoms with Crippen molar-refractivity contribution < 1.29 is 13.9 Å². The Bertz CT molecular complexity index is 732. The first-order chi connectivity index (χ1) is 14.4. The maximum atomic E-state index is 13.2. The Labute approximate surface area is 178 Å². The van der Waals surface area contributed by atoms with E-state index in [9.17, 15) is 9.18 Å². The molecule has 3 saturated heterocycles. The van der Waals surface area contributed by atoms with Crippen molar-refractivity contribution in [3.8, 4) is 0 Å². The number of halogens is 1. The Balaban J connectivity index is 1.44. The van der Waals surface area contributed by atoms with Gasteiger partial charge < -0.3 is 15.4 Å². The van der Waals surface area contributed by atoms with Gasteiger partial charge in [0.1, 0.15) is 0 Å². The number of primary amides is 1. The first kappa shape index (κ1) is 21.4. The average molecular weight is 420 g/mol. The third kappa shape index (κ3) is 4.04. The summed E-state index contributed by atoms with van der Waals surface area (Å²) in [6.45, 7) is 5.75. The molecule has 0 saturated carbocycles. The number of hydrogen-bond donors (Lipinski definition) is 1. The fourth-order valence-electron chi connectivity index (χ4n) is 6.25. The molecule has 0 aliphatic carbocycles. The fourth-order valence-corrected chi connectivity index (χ4v) is 6.25. The van der Waals surface area contributed by atoms with Crippen LogP contribution in [-0.2, 0) is 9.53 Å². The lowest BCUT2D eigenvalue weighted by atomic mass is 9.74. The van der Waals surface area contributed by atoms with Gasteiger partial charge in [-0.25, -0.2) is 14.4 Å². The number of carbonyl (C=O) groups excluding carboxylic acids is 1. The van der Waals surface area contributed by atoms with E-state index in [0.29, 0.717) is 29.9 Å². The molecule has 1 amide bonds. The highest BCUT2D eigenvalue weighted by atomic mass is 19.1. The number of nitrogens with two attached hydrogens (primary N) is 1. The molecule has 0 radical (unpaired) electrons. The third-order valence-electron chi connectivity index (χ3n) is 7.48. The van der Waals surface area contributed by atoms with Gasteiger partial charge in [-0.3, -0.25) is 9.69 Å². The number of methoxy groups -OCH3 is 1. The van der Waals surface area contributed by atoms with Crippen LogP contribution in [0.4, 0.5) is 10.3 Å². The molecule has 166 valence electrons. The van der Waals surface area contributed by atoms with Gasteiger partial charge in [0.25, 0.3) is 0 Å². The number of amides is 1. The first-order valence-corrected chi connectivity index (χ1v) is 11.2. The van der Waals surface area contributed by atoms with E-state index in [2.05, 4.69) is 33.6 Å². The van der Waals surface area contributed by atoms with E-state index in [1.54, 1.807) is 7.11 Å². The van der Waals surface area contributed by atoms with Gasteiger partial charge >= 0.3 is 0 Å². The Morgan fingerprint density at radius 2 is 1.83 bits per heavy atom. The predicted molar refractivity (Wildman–Crippen MR) is 112 cm³/mol. The molecule has 8 heteroatoms. The van der Waals surface area contributed by atoms with Gasteiger partial charge in [0.15, 0.2) is 5.82 Å². The van der Waals surface area contributed by atoms with E-state index in [4.69, 9.17) is 10.5 Å². The molecule has 3 fully saturated rings. The van der Waals surface area contributed by atoms with E-state index in [-0.39, 0.29) is 24.0 Å². The van der Waals surface area contributed by atoms with Gasteiger partial charge in [0.2, 0.25) is 11.9 Å². The Hall–Kier alpha value is -1.80. The third-order valence-corrected chi connectivity index (χ3v) is 7.48. The molecule has 1 aromatic heterocycles. The summed E-state index contributed by atoms with van der Waals surface area (Å²) in [6, 6.07) is 0.702. The molecule has 4 heterocycles. The van der Waals surface area contributed by atoms with Crippen LogP contribution in [0.3, 0.4) is 0 Å². The van der Waals surface area contributed by atoms with Gasteiger partial charge in [-0.1, -0.05) is 13.8 Å². The molecule has 2 bridgehead atoms. The van der Waals surface area contributed by atoms with E-state index < -0.39 is 5.82 Å². The molecule has 3 aliphatic heterocycles. The topological polar surface area (TPSA) is 84.6 Å². The largest absolute Gasteiger partial charge is 0.379 e. The Morgan fingerprint density at radius 3 is 2.37 bits per heavy atom. The molecule has 30 heavy (non-hydrogen) atoms. The summed E-state index contributed by atoms with van der Waals surface area (Å²) >= 11 is 0. The lowest BCUT2D eigenvalue weighted by molar-refractivity contribution is -0.128. The molecular formula is C22H34FN5O2. The number of fused-ring (bicyclic) bond motifs is 2. The molecule has 0 spiro atoms. The maximum Gasteiger partial charge on any atom is 0.235 e. The molecule has 4 rings (SSSR count). The molecule has 2 N–H and O–H groups in total. The summed E-state index contributed by atoms with van der Waals surface area (Å²) in [7, 11) is 1.78. The second kappa shape index (κ2) is 8.75. The van der Waals surface area contributed by atoms with Crippen LogP contribution in [0, 0.1) is 23.6 Å². The van der Waals surface area contributed by atoms with E-state index >= 15 is 0 Å². The molecule has 0 aromatic carbocycles. The summed E-state index contributed by atoms with van der Waals surface area (Å²) in [5, 5.41) is 0. The van der Waals surface area contributed by atoms with Crippen LogP contribution >= 0.6 is 0 Å². The fraction of sp³-hybridized carbons (Fsp3) is 0.773. The van der Waals surface area contributed by atoms with Crippen LogP contribution in [-0.4, -0.2) is 65.2 Å². The number of aromatic nitrogens is 2. The number of ether oxygens (including phenoxy) is 1. The van der Waals surface area contributed by atoms with Crippen molar-refractivity contribution in [2.75, 3.05) is 25.1 Å². The van der Waals surface area contributed by atoms with Crippen molar-refractivity contribution in [3.05, 3.63) is 18.2 Å². The molecule has 0 unspecified atom stereocenters. The number of nitrogens with zero attached hydrogens (tertiary/aromatic N) is 4. The summed E-state index contributed by atoms with van der Waals surface area (Å²) in [5.41, 5.74) is 5.78. The van der Waals surface area contributed by atoms with Crippen LogP contribution in [0.25, 0.3) is 0 Å². The van der Waals surface area contributed by atoms with Crippen molar-refractivity contribution in [2.24, 2.45) is 23.5 Å². The van der Waals surface area contributed by atoms with Crippen molar-refractivity contribution >= 4 is 11.9 Å². The number of anilines is 1. The average Bonchev–Trinajstić information content (AvgIpc) is 2.96. The maximum absolute atomic E-state index is 13.2. The summed E-state index contributed by atoms with van der Waals surface area (Å²) in [5.74, 6) is 1.24. The number of carbonyl (C=O) groups is 1. The number of rotatable bonds is 6. The quantitative estimate of drug-likeness (QED) is 0.761. The summed E-state index contributed by atoms with van der Waals surface area (Å²) in [4.78, 5) is 25.0. The molecular weight excluding hydrogens is 385 g/mol. The second-order valence-corrected chi connectivity index (χ2v) is 9.53. The molecule has 6 atom stereocenters. The Kier molecular flexibility index (Phi) is 6.25. The summed E-state index contributed by atoms with van der Waals surface area (Å²) in [6.07, 6.45) is 8.04. The minimum Gasteiger partial charge on any atom is -0.379 e. The van der Waals surface area contributed by atoms with Crippen molar-refractivity contribution in [3.63, 3.8) is 0 Å². The van der Waals surface area contributed by atoms with Crippen molar-refractivity contribution in [1.82, 2.24) is 14.9 Å². The SMILES string of the molecule is CO[C@@H]1CN(c2ncc(F)cn2)CC[C@@H]1[C@@H]1C[C@H]2CC[C@@H](C1)N2[C@@H](C(N)=O)C(C)C. The Morgan fingerprint density at radius 1 is 1.20 bits per heavy atom. The van der Waals surface area contributed by atoms with Gasteiger partial charge in [0.05, 0.1) is 24.5 Å². The zero-order valence-corrected chi connectivity index (χ0v) is 18.2. The van der Waals surface area contributed by atoms with Crippen LogP contribution in [0.5, 0.6) is 0 Å². The number of hydrogen-bond acceptors (Lipinski definition) is 6. The van der Waals surface area contributed by atoms with E-state index in [0.717, 1.165) is 45.2 Å². The molecule has 3 aliphatic rings. The van der Waals surface area contributed by atoms with Gasteiger partial charge in [-0.05, 0) is 49.9 Å². The highest BCUT2D eigenvalue weighted by Gasteiger charge is 2.49. The minimum atomic E-state index is -0.421. The highest BCUT2D eigenvalue weighted by molar-refractivity contribution is 5.80. The smallest absolute Gasteiger partial charge is 0.235 e.